The summed E-state index contributed by atoms with van der Waals surface area (Å²) in [7, 11) is 0. The lowest BCUT2D eigenvalue weighted by Gasteiger charge is -2.36. The number of carbonyl (C=O) groups excluding carboxylic acids is 2. The SMILES string of the molecule is CC1CCC(C(N)=O)CN1C(=O)COc1ccc(OCc2ccccc2)cc1. The predicted molar refractivity (Wildman–Crippen MR) is 106 cm³/mol. The lowest BCUT2D eigenvalue weighted by Crippen LogP contribution is -2.50. The highest BCUT2D eigenvalue weighted by molar-refractivity contribution is 5.81. The first-order valence-electron chi connectivity index (χ1n) is 9.51. The molecular weight excluding hydrogens is 356 g/mol. The van der Waals surface area contributed by atoms with Crippen molar-refractivity contribution in [2.45, 2.75) is 32.4 Å². The Hall–Kier alpha value is -3.02. The van der Waals surface area contributed by atoms with Gasteiger partial charge in [-0.3, -0.25) is 9.59 Å². The number of amides is 2. The Morgan fingerprint density at radius 3 is 2.29 bits per heavy atom. The van der Waals surface area contributed by atoms with Crippen LogP contribution in [0.4, 0.5) is 0 Å². The molecule has 2 aromatic carbocycles. The van der Waals surface area contributed by atoms with E-state index in [1.54, 1.807) is 17.0 Å². The molecule has 1 aliphatic heterocycles. The molecule has 148 valence electrons. The van der Waals surface area contributed by atoms with Gasteiger partial charge in [0.25, 0.3) is 5.91 Å². The first-order valence-corrected chi connectivity index (χ1v) is 9.51. The van der Waals surface area contributed by atoms with Gasteiger partial charge in [0.15, 0.2) is 6.61 Å². The summed E-state index contributed by atoms with van der Waals surface area (Å²) >= 11 is 0. The van der Waals surface area contributed by atoms with Crippen LogP contribution in [0, 0.1) is 5.92 Å². The Bertz CT molecular complexity index is 792. The Balaban J connectivity index is 1.48. The van der Waals surface area contributed by atoms with Crippen molar-refractivity contribution < 1.29 is 19.1 Å². The second kappa shape index (κ2) is 9.26. The Labute approximate surface area is 165 Å². The van der Waals surface area contributed by atoms with Gasteiger partial charge in [-0.1, -0.05) is 30.3 Å². The molecule has 6 nitrogen and oxygen atoms in total. The number of carbonyl (C=O) groups is 2. The molecule has 1 aliphatic rings. The molecule has 0 bridgehead atoms. The molecule has 2 aromatic rings. The maximum absolute atomic E-state index is 12.5. The average molecular weight is 382 g/mol. The summed E-state index contributed by atoms with van der Waals surface area (Å²) < 4.78 is 11.4. The molecule has 1 saturated heterocycles. The Kier molecular flexibility index (Phi) is 6.53. The molecule has 0 spiro atoms. The molecule has 1 fully saturated rings. The third-order valence-electron chi connectivity index (χ3n) is 5.04. The van der Waals surface area contributed by atoms with Gasteiger partial charge in [-0.15, -0.1) is 0 Å². The summed E-state index contributed by atoms with van der Waals surface area (Å²) in [5.74, 6) is 0.564. The van der Waals surface area contributed by atoms with Crippen LogP contribution in [0.3, 0.4) is 0 Å². The second-order valence-electron chi connectivity index (χ2n) is 7.11. The second-order valence-corrected chi connectivity index (χ2v) is 7.11. The monoisotopic (exact) mass is 382 g/mol. The molecule has 28 heavy (non-hydrogen) atoms. The van der Waals surface area contributed by atoms with Gasteiger partial charge in [0.2, 0.25) is 5.91 Å². The smallest absolute Gasteiger partial charge is 0.260 e. The zero-order chi connectivity index (χ0) is 19.9. The van der Waals surface area contributed by atoms with Crippen molar-refractivity contribution >= 4 is 11.8 Å². The average Bonchev–Trinajstić information content (AvgIpc) is 2.72. The highest BCUT2D eigenvalue weighted by Gasteiger charge is 2.31. The van der Waals surface area contributed by atoms with Gasteiger partial charge >= 0.3 is 0 Å². The zero-order valence-corrected chi connectivity index (χ0v) is 16.0. The Morgan fingerprint density at radius 2 is 1.64 bits per heavy atom. The molecule has 0 aliphatic carbocycles. The van der Waals surface area contributed by atoms with Gasteiger partial charge in [0.05, 0.1) is 5.92 Å². The molecule has 2 atom stereocenters. The molecule has 0 aromatic heterocycles. The third-order valence-corrected chi connectivity index (χ3v) is 5.04. The van der Waals surface area contributed by atoms with Gasteiger partial charge in [-0.25, -0.2) is 0 Å². The van der Waals surface area contributed by atoms with E-state index in [9.17, 15) is 9.59 Å². The fraction of sp³-hybridized carbons (Fsp3) is 0.364. The van der Waals surface area contributed by atoms with E-state index in [-0.39, 0.29) is 30.4 Å². The maximum Gasteiger partial charge on any atom is 0.260 e. The van der Waals surface area contributed by atoms with Crippen LogP contribution in [-0.4, -0.2) is 35.9 Å². The number of piperidine rings is 1. The minimum Gasteiger partial charge on any atom is -0.489 e. The van der Waals surface area contributed by atoms with Crippen molar-refractivity contribution in [3.05, 3.63) is 60.2 Å². The van der Waals surface area contributed by atoms with E-state index in [0.29, 0.717) is 18.9 Å². The summed E-state index contributed by atoms with van der Waals surface area (Å²) in [5.41, 5.74) is 6.49. The number of nitrogens with two attached hydrogens (primary N) is 1. The van der Waals surface area contributed by atoms with E-state index < -0.39 is 0 Å². The van der Waals surface area contributed by atoms with Crippen molar-refractivity contribution in [2.24, 2.45) is 11.7 Å². The number of benzene rings is 2. The lowest BCUT2D eigenvalue weighted by atomic mass is 9.93. The van der Waals surface area contributed by atoms with E-state index in [1.807, 2.05) is 49.4 Å². The fourth-order valence-corrected chi connectivity index (χ4v) is 3.29. The van der Waals surface area contributed by atoms with E-state index in [2.05, 4.69) is 0 Å². The van der Waals surface area contributed by atoms with Crippen LogP contribution in [0.5, 0.6) is 11.5 Å². The summed E-state index contributed by atoms with van der Waals surface area (Å²) in [6.45, 7) is 2.77. The minimum absolute atomic E-state index is 0.0694. The van der Waals surface area contributed by atoms with Gasteiger partial charge in [0, 0.05) is 12.6 Å². The van der Waals surface area contributed by atoms with Gasteiger partial charge in [0.1, 0.15) is 18.1 Å². The predicted octanol–water partition coefficient (Wildman–Crippen LogP) is 2.76. The quantitative estimate of drug-likeness (QED) is 0.798. The fourth-order valence-electron chi connectivity index (χ4n) is 3.29. The lowest BCUT2D eigenvalue weighted by molar-refractivity contribution is -0.139. The van der Waals surface area contributed by atoms with Crippen molar-refractivity contribution in [3.63, 3.8) is 0 Å². The number of ether oxygens (including phenoxy) is 2. The molecule has 2 unspecified atom stereocenters. The molecule has 2 amide bonds. The molecule has 6 heteroatoms. The summed E-state index contributed by atoms with van der Waals surface area (Å²) in [4.78, 5) is 25.6. The summed E-state index contributed by atoms with van der Waals surface area (Å²) in [5, 5.41) is 0. The molecule has 0 radical (unpaired) electrons. The van der Waals surface area contributed by atoms with Gasteiger partial charge < -0.3 is 20.1 Å². The number of likely N-dealkylation sites (tertiary alicyclic amines) is 1. The van der Waals surface area contributed by atoms with Crippen molar-refractivity contribution in [3.8, 4) is 11.5 Å². The first kappa shape index (κ1) is 19.7. The number of rotatable bonds is 7. The number of hydrogen-bond donors (Lipinski definition) is 1. The van der Waals surface area contributed by atoms with Crippen LogP contribution >= 0.6 is 0 Å². The molecule has 0 saturated carbocycles. The highest BCUT2D eigenvalue weighted by atomic mass is 16.5. The third kappa shape index (κ3) is 5.25. The van der Waals surface area contributed by atoms with Gasteiger partial charge in [-0.05, 0) is 49.6 Å². The number of hydrogen-bond acceptors (Lipinski definition) is 4. The van der Waals surface area contributed by atoms with Crippen LogP contribution < -0.4 is 15.2 Å². The normalized spacial score (nSPS) is 19.1. The first-order chi connectivity index (χ1) is 13.5. The standard InChI is InChI=1S/C22H26N2O4/c1-16-7-8-18(22(23)26)13-24(16)21(25)15-28-20-11-9-19(10-12-20)27-14-17-5-3-2-4-6-17/h2-6,9-12,16,18H,7-8,13-15H2,1H3,(H2,23,26). The maximum atomic E-state index is 12.5. The number of primary amides is 1. The van der Waals surface area contributed by atoms with Gasteiger partial charge in [-0.2, -0.15) is 0 Å². The van der Waals surface area contributed by atoms with E-state index in [4.69, 9.17) is 15.2 Å². The van der Waals surface area contributed by atoms with Crippen LogP contribution in [0.1, 0.15) is 25.3 Å². The molecule has 1 heterocycles. The van der Waals surface area contributed by atoms with Crippen LogP contribution in [0.25, 0.3) is 0 Å². The summed E-state index contributed by atoms with van der Waals surface area (Å²) in [6, 6.07) is 17.2. The summed E-state index contributed by atoms with van der Waals surface area (Å²) in [6.07, 6.45) is 1.50. The van der Waals surface area contributed by atoms with Crippen LogP contribution in [0.2, 0.25) is 0 Å². The highest BCUT2D eigenvalue weighted by Crippen LogP contribution is 2.23. The molecular formula is C22H26N2O4. The van der Waals surface area contributed by atoms with Crippen LogP contribution in [0.15, 0.2) is 54.6 Å². The minimum atomic E-state index is -0.350. The van der Waals surface area contributed by atoms with Crippen molar-refractivity contribution in [1.29, 1.82) is 0 Å². The topological polar surface area (TPSA) is 81.9 Å². The van der Waals surface area contributed by atoms with Crippen molar-refractivity contribution in [1.82, 2.24) is 4.90 Å². The zero-order valence-electron chi connectivity index (χ0n) is 16.0. The van der Waals surface area contributed by atoms with E-state index in [1.165, 1.54) is 0 Å². The molecule has 2 N–H and O–H groups in total. The Morgan fingerprint density at radius 1 is 1.00 bits per heavy atom. The van der Waals surface area contributed by atoms with E-state index >= 15 is 0 Å². The largest absolute Gasteiger partial charge is 0.489 e. The van der Waals surface area contributed by atoms with Crippen molar-refractivity contribution in [2.75, 3.05) is 13.2 Å². The molecule has 3 rings (SSSR count). The van der Waals surface area contributed by atoms with Crippen LogP contribution in [-0.2, 0) is 16.2 Å². The number of nitrogens with zero attached hydrogens (tertiary/aromatic N) is 1. The van der Waals surface area contributed by atoms with E-state index in [0.717, 1.165) is 24.2 Å².